The van der Waals surface area contributed by atoms with Crippen LogP contribution in [0.15, 0.2) is 46.9 Å². The van der Waals surface area contributed by atoms with Crippen LogP contribution in [-0.4, -0.2) is 18.5 Å². The molecular weight excluding hydrogens is 349 g/mol. The van der Waals surface area contributed by atoms with E-state index in [1.54, 1.807) is 31.2 Å². The van der Waals surface area contributed by atoms with Gasteiger partial charge in [0, 0.05) is 5.39 Å². The van der Waals surface area contributed by atoms with Crippen molar-refractivity contribution in [1.82, 2.24) is 0 Å². The van der Waals surface area contributed by atoms with Crippen molar-refractivity contribution in [1.29, 1.82) is 0 Å². The van der Waals surface area contributed by atoms with Gasteiger partial charge in [0.05, 0.1) is 17.2 Å². The van der Waals surface area contributed by atoms with E-state index in [4.69, 9.17) is 20.8 Å². The summed E-state index contributed by atoms with van der Waals surface area (Å²) in [4.78, 5) is 24.6. The van der Waals surface area contributed by atoms with Crippen LogP contribution in [0, 0.1) is 5.82 Å². The third-order valence-corrected chi connectivity index (χ3v) is 3.80. The molecule has 0 bridgehead atoms. The van der Waals surface area contributed by atoms with E-state index in [0.717, 1.165) is 6.07 Å². The topological polar surface area (TPSA) is 68.5 Å². The molecule has 0 aliphatic heterocycles. The number of fused-ring (bicyclic) bond motifs is 1. The number of furan rings is 1. The molecule has 1 amide bonds. The van der Waals surface area contributed by atoms with E-state index >= 15 is 0 Å². The lowest BCUT2D eigenvalue weighted by Gasteiger charge is -2.08. The van der Waals surface area contributed by atoms with Gasteiger partial charge in [-0.3, -0.25) is 4.79 Å². The van der Waals surface area contributed by atoms with Crippen molar-refractivity contribution in [2.45, 2.75) is 6.92 Å². The first-order chi connectivity index (χ1) is 12.0. The second-order valence-electron chi connectivity index (χ2n) is 5.07. The number of rotatable bonds is 4. The predicted octanol–water partition coefficient (Wildman–Crippen LogP) is 4.65. The lowest BCUT2D eigenvalue weighted by atomic mass is 10.1. The van der Waals surface area contributed by atoms with Gasteiger partial charge in [0.25, 0.3) is 5.91 Å². The summed E-state index contributed by atoms with van der Waals surface area (Å²) in [5.74, 6) is -2.45. The Labute approximate surface area is 147 Å². The fourth-order valence-electron chi connectivity index (χ4n) is 2.40. The normalized spacial score (nSPS) is 10.7. The average molecular weight is 362 g/mol. The molecule has 3 aromatic rings. The number of ether oxygens (including phenoxy) is 1. The Kier molecular flexibility index (Phi) is 4.72. The summed E-state index contributed by atoms with van der Waals surface area (Å²) in [7, 11) is 0. The Morgan fingerprint density at radius 2 is 1.96 bits per heavy atom. The maximum atomic E-state index is 14.0. The molecule has 0 saturated heterocycles. The number of carbonyl (C=O) groups excluding carboxylic acids is 2. The summed E-state index contributed by atoms with van der Waals surface area (Å²) in [6.45, 7) is 1.79. The van der Waals surface area contributed by atoms with E-state index in [2.05, 4.69) is 5.32 Å². The minimum Gasteiger partial charge on any atom is -0.460 e. The zero-order valence-corrected chi connectivity index (χ0v) is 13.9. The second-order valence-corrected chi connectivity index (χ2v) is 5.48. The average Bonchev–Trinajstić information content (AvgIpc) is 2.94. The van der Waals surface area contributed by atoms with Gasteiger partial charge in [-0.15, -0.1) is 0 Å². The molecular formula is C18H13ClFNO4. The third kappa shape index (κ3) is 3.21. The Bertz CT molecular complexity index is 947. The Morgan fingerprint density at radius 1 is 1.20 bits per heavy atom. The van der Waals surface area contributed by atoms with E-state index in [-0.39, 0.29) is 28.6 Å². The largest absolute Gasteiger partial charge is 0.460 e. The van der Waals surface area contributed by atoms with Gasteiger partial charge in [0.1, 0.15) is 17.1 Å². The molecule has 2 aromatic carbocycles. The maximum absolute atomic E-state index is 14.0. The van der Waals surface area contributed by atoms with Crippen LogP contribution in [0.4, 0.5) is 10.1 Å². The highest BCUT2D eigenvalue weighted by molar-refractivity contribution is 6.34. The molecule has 0 atom stereocenters. The molecule has 0 unspecified atom stereocenters. The van der Waals surface area contributed by atoms with Gasteiger partial charge in [0.15, 0.2) is 0 Å². The fraction of sp³-hybridized carbons (Fsp3) is 0.111. The lowest BCUT2D eigenvalue weighted by molar-refractivity contribution is 0.0494. The van der Waals surface area contributed by atoms with Crippen molar-refractivity contribution in [2.75, 3.05) is 11.9 Å². The number of halogens is 2. The number of hydrogen-bond acceptors (Lipinski definition) is 4. The van der Waals surface area contributed by atoms with Gasteiger partial charge >= 0.3 is 5.97 Å². The Hall–Kier alpha value is -2.86. The third-order valence-electron chi connectivity index (χ3n) is 3.48. The molecule has 0 saturated carbocycles. The number of benzene rings is 2. The first-order valence-electron chi connectivity index (χ1n) is 7.47. The molecule has 128 valence electrons. The molecule has 1 heterocycles. The van der Waals surface area contributed by atoms with E-state index in [9.17, 15) is 14.0 Å². The van der Waals surface area contributed by atoms with Crippen molar-refractivity contribution < 1.29 is 23.1 Å². The van der Waals surface area contributed by atoms with Crippen LogP contribution < -0.4 is 5.32 Å². The summed E-state index contributed by atoms with van der Waals surface area (Å²) in [6, 6.07) is 10.7. The quantitative estimate of drug-likeness (QED) is 0.686. The Morgan fingerprint density at radius 3 is 2.68 bits per heavy atom. The van der Waals surface area contributed by atoms with Crippen molar-refractivity contribution in [3.8, 4) is 0 Å². The van der Waals surface area contributed by atoms with Gasteiger partial charge < -0.3 is 14.5 Å². The van der Waals surface area contributed by atoms with Crippen molar-refractivity contribution in [3.05, 3.63) is 64.6 Å². The standard InChI is InChI=1S/C18H13ClFNO4/c1-2-24-18(23)16-15(10-6-3-4-9-13(10)25-16)21-17(22)14-11(19)7-5-8-12(14)20/h3-9H,2H2,1H3,(H,21,22). The number of carbonyl (C=O) groups is 2. The van der Waals surface area contributed by atoms with E-state index in [1.165, 1.54) is 12.1 Å². The smallest absolute Gasteiger partial charge is 0.376 e. The number of nitrogens with one attached hydrogen (secondary N) is 1. The number of anilines is 1. The molecule has 7 heteroatoms. The van der Waals surface area contributed by atoms with Crippen LogP contribution in [0.3, 0.4) is 0 Å². The second kappa shape index (κ2) is 6.94. The van der Waals surface area contributed by atoms with Crippen LogP contribution in [-0.2, 0) is 4.74 Å². The summed E-state index contributed by atoms with van der Waals surface area (Å²) >= 11 is 5.92. The zero-order chi connectivity index (χ0) is 18.0. The highest BCUT2D eigenvalue weighted by atomic mass is 35.5. The molecule has 1 aromatic heterocycles. The molecule has 3 rings (SSSR count). The summed E-state index contributed by atoms with van der Waals surface area (Å²) in [5, 5.41) is 2.97. The van der Waals surface area contributed by atoms with E-state index in [1.807, 2.05) is 0 Å². The summed E-state index contributed by atoms with van der Waals surface area (Å²) < 4.78 is 24.4. The van der Waals surface area contributed by atoms with E-state index < -0.39 is 17.7 Å². The summed E-state index contributed by atoms with van der Waals surface area (Å²) in [6.07, 6.45) is 0. The van der Waals surface area contributed by atoms with Crippen molar-refractivity contribution in [2.24, 2.45) is 0 Å². The predicted molar refractivity (Wildman–Crippen MR) is 91.5 cm³/mol. The monoisotopic (exact) mass is 361 g/mol. The first kappa shape index (κ1) is 17.0. The molecule has 1 N–H and O–H groups in total. The van der Waals surface area contributed by atoms with Gasteiger partial charge in [-0.05, 0) is 31.2 Å². The van der Waals surface area contributed by atoms with Gasteiger partial charge in [0.2, 0.25) is 5.76 Å². The molecule has 0 spiro atoms. The van der Waals surface area contributed by atoms with Gasteiger partial charge in [-0.2, -0.15) is 0 Å². The number of para-hydroxylation sites is 1. The van der Waals surface area contributed by atoms with Gasteiger partial charge in [-0.25, -0.2) is 9.18 Å². The summed E-state index contributed by atoms with van der Waals surface area (Å²) in [5.41, 5.74) is 0.183. The van der Waals surface area contributed by atoms with Crippen molar-refractivity contribution in [3.63, 3.8) is 0 Å². The fourth-order valence-corrected chi connectivity index (χ4v) is 2.65. The minimum absolute atomic E-state index is 0.0389. The lowest BCUT2D eigenvalue weighted by Crippen LogP contribution is -2.16. The van der Waals surface area contributed by atoms with Crippen LogP contribution >= 0.6 is 11.6 Å². The molecule has 0 aliphatic carbocycles. The van der Waals surface area contributed by atoms with Crippen LogP contribution in [0.5, 0.6) is 0 Å². The highest BCUT2D eigenvalue weighted by Crippen LogP contribution is 2.32. The SMILES string of the molecule is CCOC(=O)c1oc2ccccc2c1NC(=O)c1c(F)cccc1Cl. The number of amides is 1. The minimum atomic E-state index is -0.791. The first-order valence-corrected chi connectivity index (χ1v) is 7.84. The van der Waals surface area contributed by atoms with Crippen LogP contribution in [0.1, 0.15) is 27.8 Å². The number of hydrogen-bond donors (Lipinski definition) is 1. The maximum Gasteiger partial charge on any atom is 0.376 e. The number of esters is 1. The molecule has 25 heavy (non-hydrogen) atoms. The van der Waals surface area contributed by atoms with Crippen molar-refractivity contribution >= 4 is 40.1 Å². The highest BCUT2D eigenvalue weighted by Gasteiger charge is 2.25. The van der Waals surface area contributed by atoms with Crippen LogP contribution in [0.2, 0.25) is 5.02 Å². The van der Waals surface area contributed by atoms with Gasteiger partial charge in [-0.1, -0.05) is 29.8 Å². The van der Waals surface area contributed by atoms with E-state index in [0.29, 0.717) is 11.0 Å². The zero-order valence-electron chi connectivity index (χ0n) is 13.1. The molecule has 0 fully saturated rings. The molecule has 0 aliphatic rings. The molecule has 5 nitrogen and oxygen atoms in total. The van der Waals surface area contributed by atoms with Crippen LogP contribution in [0.25, 0.3) is 11.0 Å². The Balaban J connectivity index is 2.07. The molecule has 0 radical (unpaired) electrons.